The van der Waals surface area contributed by atoms with Crippen molar-refractivity contribution in [3.63, 3.8) is 0 Å². The number of nitrogens with one attached hydrogen (secondary N) is 2. The highest BCUT2D eigenvalue weighted by molar-refractivity contribution is 7.89. The lowest BCUT2D eigenvalue weighted by Crippen LogP contribution is -2.55. The van der Waals surface area contributed by atoms with Gasteiger partial charge in [0.2, 0.25) is 0 Å². The van der Waals surface area contributed by atoms with Gasteiger partial charge in [-0.1, -0.05) is 17.7 Å². The van der Waals surface area contributed by atoms with Gasteiger partial charge in [0.15, 0.2) is 0 Å². The van der Waals surface area contributed by atoms with Gasteiger partial charge in [0.25, 0.3) is 21.3 Å². The molecule has 2 aromatic rings. The molecule has 1 heterocycles. The molecule has 2 aromatic carbocycles. The summed E-state index contributed by atoms with van der Waals surface area (Å²) in [6.07, 6.45) is -5.71. The summed E-state index contributed by atoms with van der Waals surface area (Å²) in [4.78, 5) is 2.15. The van der Waals surface area contributed by atoms with Gasteiger partial charge in [-0.25, -0.2) is 17.6 Å². The van der Waals surface area contributed by atoms with Gasteiger partial charge < -0.3 is 9.84 Å². The number of hydrazine groups is 2. The summed E-state index contributed by atoms with van der Waals surface area (Å²) < 4.78 is 91.1. The van der Waals surface area contributed by atoms with Crippen LogP contribution in [-0.2, 0) is 34.0 Å². The molecule has 34 heavy (non-hydrogen) atoms. The molecule has 0 bridgehead atoms. The lowest BCUT2D eigenvalue weighted by Gasteiger charge is -2.36. The number of hydrogen-bond acceptors (Lipinski definition) is 7. The van der Waals surface area contributed by atoms with Crippen LogP contribution in [0, 0.1) is 0 Å². The Morgan fingerprint density at radius 1 is 1.35 bits per heavy atom. The third-order valence-electron chi connectivity index (χ3n) is 4.67. The molecule has 2 unspecified atom stereocenters. The van der Waals surface area contributed by atoms with Crippen LogP contribution < -0.4 is 14.3 Å². The second kappa shape index (κ2) is 10.3. The lowest BCUT2D eigenvalue weighted by molar-refractivity contribution is -0.137. The number of nitrogens with zero attached hydrogens (tertiary/aromatic N) is 2. The Morgan fingerprint density at radius 3 is 2.71 bits per heavy atom. The van der Waals surface area contributed by atoms with Crippen LogP contribution in [0.2, 0.25) is 5.02 Å². The molecule has 1 aliphatic heterocycles. The maximum Gasteiger partial charge on any atom is 0.416 e. The van der Waals surface area contributed by atoms with Crippen molar-refractivity contribution in [1.29, 1.82) is 0 Å². The number of sulfonamides is 1. The predicted molar refractivity (Wildman–Crippen MR) is 117 cm³/mol. The summed E-state index contributed by atoms with van der Waals surface area (Å²) in [5, 5.41) is 12.8. The second-order valence-electron chi connectivity index (χ2n) is 7.27. The van der Waals surface area contributed by atoms with Crippen molar-refractivity contribution in [3.8, 4) is 5.75 Å². The van der Waals surface area contributed by atoms with Crippen LogP contribution in [0.5, 0.6) is 5.75 Å². The van der Waals surface area contributed by atoms with E-state index in [1.807, 2.05) is 0 Å². The Morgan fingerprint density at radius 2 is 2.06 bits per heavy atom. The van der Waals surface area contributed by atoms with Crippen molar-refractivity contribution in [1.82, 2.24) is 15.0 Å². The van der Waals surface area contributed by atoms with E-state index in [0.29, 0.717) is 5.56 Å². The zero-order valence-electron chi connectivity index (χ0n) is 17.4. The molecule has 0 amide bonds. The molecule has 0 fully saturated rings. The van der Waals surface area contributed by atoms with Crippen LogP contribution >= 0.6 is 11.6 Å². The molecule has 3 rings (SSSR count). The Kier molecular flexibility index (Phi) is 8.09. The van der Waals surface area contributed by atoms with Gasteiger partial charge in [0.1, 0.15) is 18.5 Å². The van der Waals surface area contributed by atoms with E-state index in [1.54, 1.807) is 0 Å². The first-order valence-corrected chi connectivity index (χ1v) is 12.4. The van der Waals surface area contributed by atoms with E-state index >= 15 is 0 Å². The topological polar surface area (TPSA) is 131 Å². The van der Waals surface area contributed by atoms with Crippen LogP contribution in [0.1, 0.15) is 11.1 Å². The van der Waals surface area contributed by atoms with E-state index in [2.05, 4.69) is 9.55 Å². The quantitative estimate of drug-likeness (QED) is 0.372. The van der Waals surface area contributed by atoms with Gasteiger partial charge in [0, 0.05) is 13.6 Å². The number of benzene rings is 2. The second-order valence-corrected chi connectivity index (χ2v) is 10.0. The number of aliphatic hydroxyl groups excluding tert-OH is 1. The van der Waals surface area contributed by atoms with Crippen LogP contribution in [0.25, 0.3) is 0 Å². The van der Waals surface area contributed by atoms with Crippen LogP contribution in [0.4, 0.5) is 18.9 Å². The smallest absolute Gasteiger partial charge is 0.416 e. The Bertz CT molecular complexity index is 1180. The summed E-state index contributed by atoms with van der Waals surface area (Å²) in [6, 6.07) is 6.67. The molecule has 0 aromatic heterocycles. The van der Waals surface area contributed by atoms with Gasteiger partial charge in [-0.15, -0.1) is 4.83 Å². The van der Waals surface area contributed by atoms with Gasteiger partial charge >= 0.3 is 6.18 Å². The molecule has 0 spiro atoms. The summed E-state index contributed by atoms with van der Waals surface area (Å²) >= 11 is 3.61. The summed E-state index contributed by atoms with van der Waals surface area (Å²) in [7, 11) is -2.61. The van der Waals surface area contributed by atoms with E-state index in [0.717, 1.165) is 18.2 Å². The summed E-state index contributed by atoms with van der Waals surface area (Å²) in [5.41, 5.74) is -0.643. The maximum atomic E-state index is 12.8. The number of anilines is 1. The fourth-order valence-electron chi connectivity index (χ4n) is 3.12. The average Bonchev–Trinajstić information content (AvgIpc) is 2.72. The average molecular weight is 545 g/mol. The molecular formula is C18H20ClF3N4O6S2. The zero-order valence-corrected chi connectivity index (χ0v) is 19.8. The molecule has 0 radical (unpaired) electrons. The SMILES string of the molecule is CN(CC(O)COc1cccc(C(F)(F)F)c1)N1Cc2cc(Cl)c(NS(=O)O)cc2S(=O)(=O)N1. The van der Waals surface area contributed by atoms with E-state index < -0.39 is 39.1 Å². The maximum absolute atomic E-state index is 12.8. The highest BCUT2D eigenvalue weighted by Gasteiger charge is 2.33. The van der Waals surface area contributed by atoms with E-state index in [9.17, 15) is 30.9 Å². The van der Waals surface area contributed by atoms with Crippen molar-refractivity contribution in [3.05, 3.63) is 52.5 Å². The number of aliphatic hydroxyl groups is 1. The number of ether oxygens (including phenoxy) is 1. The zero-order chi connectivity index (χ0) is 25.3. The van der Waals surface area contributed by atoms with Crippen molar-refractivity contribution in [2.45, 2.75) is 23.7 Å². The molecule has 10 nitrogen and oxygen atoms in total. The fourth-order valence-corrected chi connectivity index (χ4v) is 5.09. The number of likely N-dealkylation sites (N-methyl/N-ethyl adjacent to an activating group) is 1. The van der Waals surface area contributed by atoms with Crippen molar-refractivity contribution in [2.24, 2.45) is 0 Å². The summed E-state index contributed by atoms with van der Waals surface area (Å²) in [6.45, 7) is -0.468. The van der Waals surface area contributed by atoms with Crippen LogP contribution in [0.3, 0.4) is 0 Å². The number of halogens is 4. The number of rotatable bonds is 8. The van der Waals surface area contributed by atoms with E-state index in [-0.39, 0.29) is 41.1 Å². The van der Waals surface area contributed by atoms with Crippen molar-refractivity contribution >= 4 is 38.6 Å². The molecule has 188 valence electrons. The minimum Gasteiger partial charge on any atom is -0.491 e. The third kappa shape index (κ3) is 6.57. The summed E-state index contributed by atoms with van der Waals surface area (Å²) in [5.74, 6) is -0.0769. The van der Waals surface area contributed by atoms with Gasteiger partial charge in [0.05, 0.1) is 27.7 Å². The molecule has 16 heteroatoms. The van der Waals surface area contributed by atoms with E-state index in [4.69, 9.17) is 20.9 Å². The highest BCUT2D eigenvalue weighted by Crippen LogP contribution is 2.33. The first-order valence-electron chi connectivity index (χ1n) is 9.45. The first kappa shape index (κ1) is 26.6. The minimum absolute atomic E-state index is 0.00842. The first-order chi connectivity index (χ1) is 15.8. The molecule has 4 N–H and O–H groups in total. The standard InChI is InChI=1S/C18H20ClF3N4O6S2/c1-25(9-13(27)10-32-14-4-2-3-12(6-14)18(20,21)22)26-8-11-5-15(19)16(23-33(28)29)7-17(11)34(30,31)24-26/h2-7,13,23-24,27H,8-10H2,1H3,(H,28,29). The Labute approximate surface area is 200 Å². The highest BCUT2D eigenvalue weighted by atomic mass is 35.5. The predicted octanol–water partition coefficient (Wildman–Crippen LogP) is 2.20. The van der Waals surface area contributed by atoms with Crippen molar-refractivity contribution in [2.75, 3.05) is 24.9 Å². The van der Waals surface area contributed by atoms with Crippen LogP contribution in [-0.4, -0.2) is 58.7 Å². The molecule has 1 aliphatic rings. The van der Waals surface area contributed by atoms with E-state index in [1.165, 1.54) is 35.4 Å². The minimum atomic E-state index is -4.53. The van der Waals surface area contributed by atoms with Gasteiger partial charge in [-0.3, -0.25) is 9.27 Å². The monoisotopic (exact) mass is 544 g/mol. The van der Waals surface area contributed by atoms with Crippen molar-refractivity contribution < 1.29 is 40.2 Å². The number of alkyl halides is 3. The molecule has 0 saturated heterocycles. The third-order valence-corrected chi connectivity index (χ3v) is 6.79. The number of hydrogen-bond donors (Lipinski definition) is 4. The molecule has 0 aliphatic carbocycles. The Hall–Kier alpha value is -1.98. The molecule has 0 saturated carbocycles. The number of fused-ring (bicyclic) bond motifs is 1. The normalized spacial score (nSPS) is 17.8. The molecular weight excluding hydrogens is 525 g/mol. The Balaban J connectivity index is 1.65. The van der Waals surface area contributed by atoms with Gasteiger partial charge in [-0.2, -0.15) is 18.3 Å². The molecule has 2 atom stereocenters. The van der Waals surface area contributed by atoms with Crippen LogP contribution in [0.15, 0.2) is 41.3 Å². The lowest BCUT2D eigenvalue weighted by atomic mass is 10.2. The fraction of sp³-hybridized carbons (Fsp3) is 0.333. The van der Waals surface area contributed by atoms with Gasteiger partial charge in [-0.05, 0) is 35.9 Å². The largest absolute Gasteiger partial charge is 0.491 e.